The highest BCUT2D eigenvalue weighted by atomic mass is 16.5. The van der Waals surface area contributed by atoms with E-state index in [1.807, 2.05) is 68.4 Å². The number of methoxy groups -OCH3 is 1. The predicted molar refractivity (Wildman–Crippen MR) is 129 cm³/mol. The summed E-state index contributed by atoms with van der Waals surface area (Å²) in [6.07, 6.45) is 0. The second kappa shape index (κ2) is 8.23. The number of aliphatic hydroxyl groups is 1. The summed E-state index contributed by atoms with van der Waals surface area (Å²) in [5.41, 5.74) is 3.66. The zero-order valence-corrected chi connectivity index (χ0v) is 19.0. The van der Waals surface area contributed by atoms with Crippen molar-refractivity contribution in [1.82, 2.24) is 0 Å². The molecular formula is C28H23NO5. The second-order valence-electron chi connectivity index (χ2n) is 8.36. The molecule has 5 rings (SSSR count). The molecule has 6 nitrogen and oxygen atoms in total. The van der Waals surface area contributed by atoms with Crippen LogP contribution in [-0.4, -0.2) is 23.9 Å². The molecule has 1 unspecified atom stereocenters. The normalized spacial score (nSPS) is 15.9. The highest BCUT2D eigenvalue weighted by Crippen LogP contribution is 2.43. The van der Waals surface area contributed by atoms with Crippen molar-refractivity contribution in [2.75, 3.05) is 12.0 Å². The lowest BCUT2D eigenvalue weighted by molar-refractivity contribution is -0.117. The van der Waals surface area contributed by atoms with Crippen LogP contribution in [0.25, 0.3) is 11.0 Å². The molecule has 0 radical (unpaired) electrons. The fourth-order valence-corrected chi connectivity index (χ4v) is 4.55. The number of hydrogen-bond acceptors (Lipinski definition) is 5. The Morgan fingerprint density at radius 2 is 1.76 bits per heavy atom. The lowest BCUT2D eigenvalue weighted by atomic mass is 9.94. The van der Waals surface area contributed by atoms with Crippen molar-refractivity contribution in [1.29, 1.82) is 0 Å². The monoisotopic (exact) mass is 453 g/mol. The van der Waals surface area contributed by atoms with Crippen molar-refractivity contribution in [2.24, 2.45) is 0 Å². The van der Waals surface area contributed by atoms with Gasteiger partial charge < -0.3 is 14.3 Å². The molecule has 6 heteroatoms. The number of fused-ring (bicyclic) bond motifs is 1. The van der Waals surface area contributed by atoms with Crippen LogP contribution in [0.4, 0.5) is 5.69 Å². The number of ketones is 1. The van der Waals surface area contributed by atoms with E-state index in [0.717, 1.165) is 11.1 Å². The van der Waals surface area contributed by atoms with E-state index in [4.69, 9.17) is 9.15 Å². The van der Waals surface area contributed by atoms with Gasteiger partial charge in [-0.25, -0.2) is 0 Å². The zero-order valence-electron chi connectivity index (χ0n) is 19.0. The van der Waals surface area contributed by atoms with E-state index in [0.29, 0.717) is 28.0 Å². The number of furan rings is 1. The largest absolute Gasteiger partial charge is 0.503 e. The Morgan fingerprint density at radius 1 is 1.00 bits per heavy atom. The van der Waals surface area contributed by atoms with Crippen LogP contribution in [0.1, 0.15) is 33.3 Å². The minimum Gasteiger partial charge on any atom is -0.503 e. The predicted octanol–water partition coefficient (Wildman–Crippen LogP) is 5.84. The second-order valence-corrected chi connectivity index (χ2v) is 8.36. The molecule has 170 valence electrons. The third kappa shape index (κ3) is 3.35. The molecule has 0 aliphatic carbocycles. The number of carbonyl (C=O) groups is 2. The van der Waals surface area contributed by atoms with Crippen LogP contribution < -0.4 is 9.64 Å². The van der Waals surface area contributed by atoms with Crippen molar-refractivity contribution in [3.63, 3.8) is 0 Å². The molecule has 1 aliphatic rings. The number of ether oxygens (including phenoxy) is 1. The van der Waals surface area contributed by atoms with Gasteiger partial charge in [0, 0.05) is 11.1 Å². The first kappa shape index (κ1) is 21.5. The summed E-state index contributed by atoms with van der Waals surface area (Å²) in [5.74, 6) is -1.24. The van der Waals surface area contributed by atoms with E-state index in [1.54, 1.807) is 18.2 Å². The van der Waals surface area contributed by atoms with Crippen LogP contribution in [0.15, 0.2) is 88.5 Å². The van der Waals surface area contributed by atoms with E-state index in [9.17, 15) is 14.7 Å². The molecule has 0 fully saturated rings. The molecule has 3 aromatic carbocycles. The lowest BCUT2D eigenvalue weighted by Crippen LogP contribution is -2.31. The van der Waals surface area contributed by atoms with Crippen molar-refractivity contribution < 1.29 is 23.8 Å². The van der Waals surface area contributed by atoms with E-state index in [-0.39, 0.29) is 11.3 Å². The summed E-state index contributed by atoms with van der Waals surface area (Å²) in [5, 5.41) is 11.7. The molecule has 34 heavy (non-hydrogen) atoms. The van der Waals surface area contributed by atoms with Crippen molar-refractivity contribution in [2.45, 2.75) is 19.9 Å². The highest BCUT2D eigenvalue weighted by Gasteiger charge is 2.45. The molecule has 1 amide bonds. The van der Waals surface area contributed by atoms with E-state index in [1.165, 1.54) is 12.0 Å². The third-order valence-electron chi connectivity index (χ3n) is 6.13. The van der Waals surface area contributed by atoms with Crippen LogP contribution >= 0.6 is 0 Å². The molecular weight excluding hydrogens is 430 g/mol. The molecule has 1 atom stereocenters. The van der Waals surface area contributed by atoms with E-state index >= 15 is 0 Å². The maximum Gasteiger partial charge on any atom is 0.294 e. The van der Waals surface area contributed by atoms with Gasteiger partial charge in [-0.3, -0.25) is 14.5 Å². The van der Waals surface area contributed by atoms with Crippen molar-refractivity contribution in [3.05, 3.63) is 107 Å². The maximum absolute atomic E-state index is 13.7. The van der Waals surface area contributed by atoms with Gasteiger partial charge in [0.2, 0.25) is 5.78 Å². The van der Waals surface area contributed by atoms with Gasteiger partial charge in [-0.1, -0.05) is 60.2 Å². The van der Waals surface area contributed by atoms with Crippen LogP contribution in [0.3, 0.4) is 0 Å². The first-order valence-electron chi connectivity index (χ1n) is 10.9. The average molecular weight is 453 g/mol. The highest BCUT2D eigenvalue weighted by molar-refractivity contribution is 6.21. The van der Waals surface area contributed by atoms with Gasteiger partial charge in [0.1, 0.15) is 0 Å². The standard InChI is InChI=1S/C28H23NO5/c1-16-12-13-20(17(2)14-16)29-24(18-8-5-4-6-9-18)23(26(31)28(29)32)25(30)22-15-19-10-7-11-21(33-3)27(19)34-22/h4-15,24,31H,1-3H3. The number of carbonyl (C=O) groups excluding carboxylic acids is 2. The van der Waals surface area contributed by atoms with Crippen LogP contribution in [0.5, 0.6) is 5.75 Å². The summed E-state index contributed by atoms with van der Waals surface area (Å²) >= 11 is 0. The van der Waals surface area contributed by atoms with Gasteiger partial charge in [-0.15, -0.1) is 0 Å². The SMILES string of the molecule is COc1cccc2cc(C(=O)C3=C(O)C(=O)N(c4ccc(C)cc4C)C3c3ccccc3)oc12. The zero-order chi connectivity index (χ0) is 24.0. The van der Waals surface area contributed by atoms with Crippen LogP contribution in [0.2, 0.25) is 0 Å². The fraction of sp³-hybridized carbons (Fsp3) is 0.143. The number of para-hydroxylation sites is 1. The van der Waals surface area contributed by atoms with Gasteiger partial charge >= 0.3 is 0 Å². The van der Waals surface area contributed by atoms with Gasteiger partial charge in [0.15, 0.2) is 22.9 Å². The summed E-state index contributed by atoms with van der Waals surface area (Å²) in [7, 11) is 1.52. The first-order valence-corrected chi connectivity index (χ1v) is 10.9. The number of anilines is 1. The van der Waals surface area contributed by atoms with Gasteiger partial charge in [-0.2, -0.15) is 0 Å². The summed E-state index contributed by atoms with van der Waals surface area (Å²) in [6.45, 7) is 3.87. The summed E-state index contributed by atoms with van der Waals surface area (Å²) in [6, 6.07) is 21.1. The molecule has 4 aromatic rings. The summed E-state index contributed by atoms with van der Waals surface area (Å²) < 4.78 is 11.2. The van der Waals surface area contributed by atoms with Crippen molar-refractivity contribution >= 4 is 28.3 Å². The number of nitrogens with zero attached hydrogens (tertiary/aromatic N) is 1. The Kier molecular flexibility index (Phi) is 5.21. The lowest BCUT2D eigenvalue weighted by Gasteiger charge is -2.28. The minimum absolute atomic E-state index is 0.0193. The number of aryl methyl sites for hydroxylation is 2. The quantitative estimate of drug-likeness (QED) is 0.384. The Hall–Kier alpha value is -4.32. The minimum atomic E-state index is -0.808. The van der Waals surface area contributed by atoms with Gasteiger partial charge in [-0.05, 0) is 43.2 Å². The fourth-order valence-electron chi connectivity index (χ4n) is 4.55. The molecule has 0 saturated heterocycles. The third-order valence-corrected chi connectivity index (χ3v) is 6.13. The number of aliphatic hydroxyl groups excluding tert-OH is 1. The molecule has 2 heterocycles. The van der Waals surface area contributed by atoms with Crippen LogP contribution in [0, 0.1) is 13.8 Å². The number of rotatable bonds is 5. The van der Waals surface area contributed by atoms with Crippen LogP contribution in [-0.2, 0) is 4.79 Å². The summed E-state index contributed by atoms with van der Waals surface area (Å²) in [4.78, 5) is 28.6. The van der Waals surface area contributed by atoms with Gasteiger partial charge in [0.25, 0.3) is 5.91 Å². The molecule has 0 bridgehead atoms. The van der Waals surface area contributed by atoms with E-state index < -0.39 is 23.5 Å². The number of benzene rings is 3. The van der Waals surface area contributed by atoms with Crippen molar-refractivity contribution in [3.8, 4) is 5.75 Å². The topological polar surface area (TPSA) is 80.0 Å². The number of hydrogen-bond donors (Lipinski definition) is 1. The smallest absolute Gasteiger partial charge is 0.294 e. The Morgan fingerprint density at radius 3 is 2.47 bits per heavy atom. The Balaban J connectivity index is 1.67. The van der Waals surface area contributed by atoms with E-state index in [2.05, 4.69) is 0 Å². The maximum atomic E-state index is 13.7. The molecule has 1 N–H and O–H groups in total. The molecule has 1 aliphatic heterocycles. The molecule has 0 saturated carbocycles. The Labute approximate surface area is 196 Å². The van der Waals surface area contributed by atoms with Gasteiger partial charge in [0.05, 0.1) is 18.7 Å². The Bertz CT molecular complexity index is 1460. The molecule has 0 spiro atoms. The first-order chi connectivity index (χ1) is 16.4. The number of amides is 1. The molecule has 1 aromatic heterocycles. The number of Topliss-reactive ketones (excluding diaryl/α,β-unsaturated/α-hetero) is 1. The average Bonchev–Trinajstić information content (AvgIpc) is 3.39.